The van der Waals surface area contributed by atoms with Crippen molar-refractivity contribution < 1.29 is 9.59 Å². The summed E-state index contributed by atoms with van der Waals surface area (Å²) in [5.41, 5.74) is 5.87. The van der Waals surface area contributed by atoms with Crippen LogP contribution < -0.4 is 4.90 Å². The minimum Gasteiger partial charge on any atom is -0.378 e. The van der Waals surface area contributed by atoms with E-state index in [2.05, 4.69) is 47.9 Å². The third-order valence-electron chi connectivity index (χ3n) is 9.33. The Kier molecular flexibility index (Phi) is 5.39. The molecule has 2 fully saturated rings. The Morgan fingerprint density at radius 2 is 1.79 bits per heavy atom. The molecule has 0 aromatic heterocycles. The highest BCUT2D eigenvalue weighted by molar-refractivity contribution is 5.93. The molecule has 0 unspecified atom stereocenters. The third kappa shape index (κ3) is 3.41. The molecule has 1 aromatic carbocycles. The van der Waals surface area contributed by atoms with Gasteiger partial charge in [0.25, 0.3) is 0 Å². The first-order valence-corrected chi connectivity index (χ1v) is 12.5. The van der Waals surface area contributed by atoms with E-state index in [1.54, 1.807) is 12.5 Å². The zero-order valence-electron chi connectivity index (χ0n) is 20.5. The van der Waals surface area contributed by atoms with E-state index in [4.69, 9.17) is 0 Å². The summed E-state index contributed by atoms with van der Waals surface area (Å²) in [5.74, 6) is 8.56. The molecule has 0 radical (unpaired) electrons. The molecule has 0 saturated heterocycles. The minimum atomic E-state index is -0.563. The summed E-state index contributed by atoms with van der Waals surface area (Å²) in [6.45, 7) is 4.12. The second-order valence-corrected chi connectivity index (χ2v) is 11.0. The fraction of sp³-hybridized carbons (Fsp3) is 0.533. The first-order valence-electron chi connectivity index (χ1n) is 12.5. The summed E-state index contributed by atoms with van der Waals surface area (Å²) in [7, 11) is 4.07. The van der Waals surface area contributed by atoms with Gasteiger partial charge in [0.15, 0.2) is 5.78 Å². The van der Waals surface area contributed by atoms with Crippen LogP contribution in [0.5, 0.6) is 0 Å². The van der Waals surface area contributed by atoms with Gasteiger partial charge in [-0.15, -0.1) is 0 Å². The molecule has 4 atom stereocenters. The lowest BCUT2D eigenvalue weighted by Crippen LogP contribution is -2.48. The normalized spacial score (nSPS) is 32.7. The van der Waals surface area contributed by atoms with Gasteiger partial charge in [-0.2, -0.15) is 0 Å². The number of hydrogen-bond acceptors (Lipinski definition) is 3. The predicted octanol–water partition coefficient (Wildman–Crippen LogP) is 5.89. The Labute approximate surface area is 198 Å². The van der Waals surface area contributed by atoms with Gasteiger partial charge in [0.1, 0.15) is 5.78 Å². The van der Waals surface area contributed by atoms with E-state index in [0.29, 0.717) is 24.0 Å². The van der Waals surface area contributed by atoms with Crippen molar-refractivity contribution in [3.8, 4) is 11.8 Å². The van der Waals surface area contributed by atoms with Crippen molar-refractivity contribution in [3.05, 3.63) is 52.6 Å². The monoisotopic (exact) mass is 441 g/mol. The Bertz CT molecular complexity index is 1130. The average molecular weight is 442 g/mol. The highest BCUT2D eigenvalue weighted by atomic mass is 16.1. The van der Waals surface area contributed by atoms with Crippen molar-refractivity contribution in [1.82, 2.24) is 0 Å². The second-order valence-electron chi connectivity index (χ2n) is 11.0. The number of carbonyl (C=O) groups excluding carboxylic acids is 2. The molecule has 33 heavy (non-hydrogen) atoms. The van der Waals surface area contributed by atoms with E-state index in [1.807, 2.05) is 20.2 Å². The van der Waals surface area contributed by atoms with Crippen LogP contribution in [0.1, 0.15) is 70.8 Å². The van der Waals surface area contributed by atoms with Crippen LogP contribution in [0.15, 0.2) is 47.1 Å². The Morgan fingerprint density at radius 1 is 1.03 bits per heavy atom. The molecule has 172 valence electrons. The minimum absolute atomic E-state index is 0.0875. The van der Waals surface area contributed by atoms with Crippen molar-refractivity contribution in [3.63, 3.8) is 0 Å². The topological polar surface area (TPSA) is 37.4 Å². The van der Waals surface area contributed by atoms with Gasteiger partial charge in [-0.25, -0.2) is 0 Å². The van der Waals surface area contributed by atoms with Gasteiger partial charge in [0, 0.05) is 31.8 Å². The Hall–Kier alpha value is -2.60. The molecule has 0 amide bonds. The zero-order valence-corrected chi connectivity index (χ0v) is 20.5. The maximum Gasteiger partial charge on any atom is 0.156 e. The highest BCUT2D eigenvalue weighted by Crippen LogP contribution is 2.67. The van der Waals surface area contributed by atoms with Gasteiger partial charge in [-0.05, 0) is 111 Å². The molecule has 2 saturated carbocycles. The largest absolute Gasteiger partial charge is 0.378 e. The van der Waals surface area contributed by atoms with Crippen molar-refractivity contribution in [2.75, 3.05) is 19.0 Å². The summed E-state index contributed by atoms with van der Waals surface area (Å²) in [4.78, 5) is 27.3. The number of fused-ring (bicyclic) bond motifs is 4. The molecule has 0 spiro atoms. The Balaban J connectivity index is 1.50. The van der Waals surface area contributed by atoms with E-state index < -0.39 is 5.41 Å². The van der Waals surface area contributed by atoms with Crippen molar-refractivity contribution >= 4 is 17.3 Å². The van der Waals surface area contributed by atoms with Crippen LogP contribution in [0.4, 0.5) is 5.69 Å². The molecule has 0 bridgehead atoms. The fourth-order valence-electron chi connectivity index (χ4n) is 7.47. The van der Waals surface area contributed by atoms with Crippen LogP contribution in [0.2, 0.25) is 0 Å². The maximum atomic E-state index is 13.2. The Morgan fingerprint density at radius 3 is 2.48 bits per heavy atom. The number of hydrogen-bond donors (Lipinski definition) is 0. The molecule has 0 aliphatic heterocycles. The lowest BCUT2D eigenvalue weighted by atomic mass is 9.51. The lowest BCUT2D eigenvalue weighted by Gasteiger charge is -2.51. The number of allylic oxidation sites excluding steroid dienone is 4. The molecule has 4 aliphatic carbocycles. The summed E-state index contributed by atoms with van der Waals surface area (Å²) in [5, 5.41) is 0. The molecule has 3 nitrogen and oxygen atoms in total. The van der Waals surface area contributed by atoms with Crippen molar-refractivity contribution in [2.45, 2.75) is 65.2 Å². The van der Waals surface area contributed by atoms with Crippen LogP contribution in [0.25, 0.3) is 0 Å². The van der Waals surface area contributed by atoms with Crippen LogP contribution >= 0.6 is 0 Å². The van der Waals surface area contributed by atoms with Crippen LogP contribution in [-0.4, -0.2) is 25.7 Å². The summed E-state index contributed by atoms with van der Waals surface area (Å²) in [6, 6.07) is 8.30. The fourth-order valence-corrected chi connectivity index (χ4v) is 7.47. The highest BCUT2D eigenvalue weighted by Gasteiger charge is 2.62. The lowest BCUT2D eigenvalue weighted by molar-refractivity contribution is -0.130. The average Bonchev–Trinajstić information content (AvgIpc) is 3.11. The first-order chi connectivity index (χ1) is 15.7. The van der Waals surface area contributed by atoms with Gasteiger partial charge in [-0.1, -0.05) is 24.3 Å². The standard InChI is InChI=1S/C30H35NO2/c1-20(32)30(17-13-21-5-8-23(9-6-21)31(3)4)18-15-28-27-11-7-22-19-24(33)10-12-25(22)26(27)14-16-29(28,30)2/h5-6,8-9,19,27-28H,7,10-12,14-16,18H2,1-4H3/t27-,28+,29+,30-/m1/s1. The summed E-state index contributed by atoms with van der Waals surface area (Å²) in [6.07, 6.45) is 9.62. The molecule has 3 heteroatoms. The maximum absolute atomic E-state index is 13.2. The van der Waals surface area contributed by atoms with Crippen LogP contribution in [0, 0.1) is 34.5 Å². The number of anilines is 1. The first kappa shape index (κ1) is 22.2. The predicted molar refractivity (Wildman–Crippen MR) is 133 cm³/mol. The van der Waals surface area contributed by atoms with E-state index in [9.17, 15) is 9.59 Å². The zero-order chi connectivity index (χ0) is 23.4. The van der Waals surface area contributed by atoms with Crippen LogP contribution in [-0.2, 0) is 9.59 Å². The van der Waals surface area contributed by atoms with Gasteiger partial charge in [-0.3, -0.25) is 9.59 Å². The molecule has 0 heterocycles. The number of rotatable bonds is 2. The molecule has 5 rings (SSSR count). The second kappa shape index (κ2) is 8.01. The van der Waals surface area contributed by atoms with E-state index in [1.165, 1.54) is 11.1 Å². The van der Waals surface area contributed by atoms with Crippen molar-refractivity contribution in [1.29, 1.82) is 0 Å². The van der Waals surface area contributed by atoms with Crippen LogP contribution in [0.3, 0.4) is 0 Å². The molecular formula is C30H35NO2. The molecular weight excluding hydrogens is 406 g/mol. The number of nitrogens with zero attached hydrogens (tertiary/aromatic N) is 1. The smallest absolute Gasteiger partial charge is 0.156 e. The van der Waals surface area contributed by atoms with E-state index in [0.717, 1.165) is 56.2 Å². The number of ketones is 2. The molecule has 0 N–H and O–H groups in total. The summed E-state index contributed by atoms with van der Waals surface area (Å²) >= 11 is 0. The number of carbonyl (C=O) groups is 2. The SMILES string of the molecule is CC(=O)[C@@]1(C#Cc2ccc(N(C)C)cc2)CC[C@H]2[C@@H]3CCC4=CC(=O)CCC4=C3CC[C@@]21C. The van der Waals surface area contributed by atoms with Gasteiger partial charge in [0.05, 0.1) is 5.41 Å². The summed E-state index contributed by atoms with van der Waals surface area (Å²) < 4.78 is 0. The molecule has 1 aromatic rings. The van der Waals surface area contributed by atoms with E-state index in [-0.39, 0.29) is 11.2 Å². The molecule has 4 aliphatic rings. The quantitative estimate of drug-likeness (QED) is 0.538. The van der Waals surface area contributed by atoms with Crippen molar-refractivity contribution in [2.24, 2.45) is 22.7 Å². The van der Waals surface area contributed by atoms with Gasteiger partial charge in [0.2, 0.25) is 0 Å². The van der Waals surface area contributed by atoms with Gasteiger partial charge < -0.3 is 4.90 Å². The van der Waals surface area contributed by atoms with Gasteiger partial charge >= 0.3 is 0 Å². The van der Waals surface area contributed by atoms with E-state index >= 15 is 0 Å². The number of benzene rings is 1. The third-order valence-corrected chi connectivity index (χ3v) is 9.33. The number of Topliss-reactive ketones (excluding diaryl/α,β-unsaturated/α-hetero) is 1.